The van der Waals surface area contributed by atoms with E-state index in [2.05, 4.69) is 43.0 Å². The summed E-state index contributed by atoms with van der Waals surface area (Å²) in [4.78, 5) is 15.5. The maximum absolute atomic E-state index is 13.3. The van der Waals surface area contributed by atoms with E-state index in [-0.39, 0.29) is 0 Å². The Hall–Kier alpha value is -4.25. The number of nitrogens with zero attached hydrogens (tertiary/aromatic N) is 1. The van der Waals surface area contributed by atoms with Crippen molar-refractivity contribution in [3.8, 4) is 11.5 Å². The van der Waals surface area contributed by atoms with Crippen LogP contribution in [0.3, 0.4) is 0 Å². The van der Waals surface area contributed by atoms with Crippen LogP contribution >= 0.6 is 0 Å². The smallest absolute Gasteiger partial charge is 0.342 e. The van der Waals surface area contributed by atoms with E-state index in [1.54, 1.807) is 0 Å². The first-order valence-electron chi connectivity index (χ1n) is 11.4. The number of esters is 1. The van der Waals surface area contributed by atoms with Crippen LogP contribution in [0.25, 0.3) is 0 Å². The lowest BCUT2D eigenvalue weighted by molar-refractivity contribution is 0.0225. The molecule has 0 bridgehead atoms. The molecule has 2 aliphatic rings. The van der Waals surface area contributed by atoms with E-state index in [0.717, 1.165) is 34.6 Å². The fourth-order valence-corrected chi connectivity index (χ4v) is 5.15. The Morgan fingerprint density at radius 2 is 1.44 bits per heavy atom. The van der Waals surface area contributed by atoms with E-state index in [9.17, 15) is 4.79 Å². The molecular formula is C29H24N2O3. The predicted molar refractivity (Wildman–Crippen MR) is 133 cm³/mol. The van der Waals surface area contributed by atoms with Crippen LogP contribution in [0, 0.1) is 6.92 Å². The lowest BCUT2D eigenvalue weighted by Gasteiger charge is -2.36. The number of aryl methyl sites for hydroxylation is 1. The first-order chi connectivity index (χ1) is 16.5. The van der Waals surface area contributed by atoms with E-state index in [1.165, 1.54) is 5.56 Å². The number of carbonyl (C=O) groups is 1. The first kappa shape index (κ1) is 20.4. The van der Waals surface area contributed by atoms with Crippen LogP contribution in [0.5, 0.6) is 11.5 Å². The number of nitrogens with two attached hydrogens (primary N) is 1. The van der Waals surface area contributed by atoms with Crippen LogP contribution in [0.15, 0.2) is 84.9 Å². The highest BCUT2D eigenvalue weighted by Crippen LogP contribution is 2.57. The molecule has 0 saturated heterocycles. The minimum Gasteiger partial charge on any atom is -0.456 e. The van der Waals surface area contributed by atoms with Gasteiger partial charge in [-0.1, -0.05) is 54.1 Å². The molecule has 0 aliphatic carbocycles. The third-order valence-corrected chi connectivity index (χ3v) is 6.71. The normalized spacial score (nSPS) is 14.6. The minimum absolute atomic E-state index is 0.404. The zero-order valence-corrected chi connectivity index (χ0v) is 19.0. The van der Waals surface area contributed by atoms with Crippen molar-refractivity contribution in [2.75, 3.05) is 17.2 Å². The number of nitrogen functional groups attached to an aromatic ring is 1. The molecule has 0 aromatic heterocycles. The van der Waals surface area contributed by atoms with Crippen molar-refractivity contribution < 1.29 is 14.3 Å². The van der Waals surface area contributed by atoms with Gasteiger partial charge < -0.3 is 20.1 Å². The van der Waals surface area contributed by atoms with E-state index >= 15 is 0 Å². The topological polar surface area (TPSA) is 64.8 Å². The lowest BCUT2D eigenvalue weighted by Crippen LogP contribution is -2.33. The predicted octanol–water partition coefficient (Wildman–Crippen LogP) is 6.30. The summed E-state index contributed by atoms with van der Waals surface area (Å²) in [5, 5.41) is 0. The third kappa shape index (κ3) is 2.76. The highest BCUT2D eigenvalue weighted by molar-refractivity contribution is 6.03. The molecule has 1 spiro atoms. The Morgan fingerprint density at radius 3 is 2.06 bits per heavy atom. The molecule has 0 saturated carbocycles. The molecule has 0 unspecified atom stereocenters. The van der Waals surface area contributed by atoms with Crippen molar-refractivity contribution in [1.29, 1.82) is 0 Å². The lowest BCUT2D eigenvalue weighted by atomic mass is 9.77. The van der Waals surface area contributed by atoms with Crippen LogP contribution in [-0.4, -0.2) is 12.5 Å². The average molecular weight is 449 g/mol. The highest BCUT2D eigenvalue weighted by Gasteiger charge is 2.54. The van der Waals surface area contributed by atoms with Gasteiger partial charge in [-0.2, -0.15) is 0 Å². The molecule has 34 heavy (non-hydrogen) atoms. The van der Waals surface area contributed by atoms with Gasteiger partial charge in [0.25, 0.3) is 0 Å². The van der Waals surface area contributed by atoms with Gasteiger partial charge in [-0.25, -0.2) is 4.79 Å². The quantitative estimate of drug-likeness (QED) is 0.294. The van der Waals surface area contributed by atoms with Gasteiger partial charge >= 0.3 is 5.97 Å². The average Bonchev–Trinajstić information content (AvgIpc) is 3.14. The zero-order chi connectivity index (χ0) is 23.4. The number of anilines is 3. The number of hydrogen-bond acceptors (Lipinski definition) is 5. The monoisotopic (exact) mass is 448 g/mol. The van der Waals surface area contributed by atoms with Gasteiger partial charge in [0.15, 0.2) is 5.60 Å². The number of fused-ring (bicyclic) bond motifs is 6. The molecule has 2 N–H and O–H groups in total. The van der Waals surface area contributed by atoms with Crippen molar-refractivity contribution in [3.05, 3.63) is 113 Å². The van der Waals surface area contributed by atoms with Crippen LogP contribution < -0.4 is 15.4 Å². The van der Waals surface area contributed by atoms with Crippen molar-refractivity contribution in [3.63, 3.8) is 0 Å². The van der Waals surface area contributed by atoms with Gasteiger partial charge in [0.2, 0.25) is 0 Å². The van der Waals surface area contributed by atoms with Crippen molar-refractivity contribution in [2.24, 2.45) is 0 Å². The SMILES string of the molecule is CCN(c1ccc(C)cc1)c1cc(N)c2c(c1)C1(OC2=O)c2ccccc2Oc2ccccc21. The van der Waals surface area contributed by atoms with E-state index in [0.29, 0.717) is 22.7 Å². The van der Waals surface area contributed by atoms with Gasteiger partial charge in [-0.05, 0) is 50.2 Å². The van der Waals surface area contributed by atoms with Gasteiger partial charge in [-0.15, -0.1) is 0 Å². The van der Waals surface area contributed by atoms with Gasteiger partial charge in [-0.3, -0.25) is 0 Å². The van der Waals surface area contributed by atoms with Gasteiger partial charge in [0, 0.05) is 40.3 Å². The molecule has 0 amide bonds. The molecule has 2 aliphatic heterocycles. The third-order valence-electron chi connectivity index (χ3n) is 6.71. The maximum atomic E-state index is 13.3. The van der Waals surface area contributed by atoms with E-state index in [4.69, 9.17) is 15.2 Å². The summed E-state index contributed by atoms with van der Waals surface area (Å²) in [6, 6.07) is 27.7. The Morgan fingerprint density at radius 1 is 0.824 bits per heavy atom. The molecule has 0 radical (unpaired) electrons. The molecule has 4 aromatic rings. The fraction of sp³-hybridized carbons (Fsp3) is 0.138. The Labute approximate surface area is 198 Å². The second kappa shape index (κ2) is 7.39. The summed E-state index contributed by atoms with van der Waals surface area (Å²) in [6.07, 6.45) is 0. The molecule has 0 atom stereocenters. The number of para-hydroxylation sites is 2. The standard InChI is InChI=1S/C29H24N2O3/c1-3-31(19-14-12-18(2)13-15-19)20-16-23-27(24(30)17-20)28(32)34-29(23)21-8-4-6-10-25(21)33-26-11-7-5-9-22(26)29/h4-17H,3,30H2,1-2H3. The molecule has 5 heteroatoms. The highest BCUT2D eigenvalue weighted by atomic mass is 16.6. The van der Waals surface area contributed by atoms with Gasteiger partial charge in [0.05, 0.1) is 5.56 Å². The van der Waals surface area contributed by atoms with Crippen LogP contribution in [0.2, 0.25) is 0 Å². The number of benzene rings is 4. The second-order valence-electron chi connectivity index (χ2n) is 8.70. The molecule has 2 heterocycles. The second-order valence-corrected chi connectivity index (χ2v) is 8.70. The number of carbonyl (C=O) groups excluding carboxylic acids is 1. The zero-order valence-electron chi connectivity index (χ0n) is 19.0. The molecule has 5 nitrogen and oxygen atoms in total. The number of hydrogen-bond donors (Lipinski definition) is 1. The molecule has 0 fully saturated rings. The molecular weight excluding hydrogens is 424 g/mol. The van der Waals surface area contributed by atoms with E-state index in [1.807, 2.05) is 60.7 Å². The fourth-order valence-electron chi connectivity index (χ4n) is 5.15. The van der Waals surface area contributed by atoms with Crippen LogP contribution in [-0.2, 0) is 10.3 Å². The maximum Gasteiger partial charge on any atom is 0.342 e. The first-order valence-corrected chi connectivity index (χ1v) is 11.4. The Balaban J connectivity index is 1.63. The molecule has 168 valence electrons. The summed E-state index contributed by atoms with van der Waals surface area (Å²) in [5.74, 6) is 0.900. The van der Waals surface area contributed by atoms with Crippen molar-refractivity contribution in [1.82, 2.24) is 0 Å². The molecule has 6 rings (SSSR count). The number of rotatable bonds is 3. The Bertz CT molecular complexity index is 1400. The summed E-state index contributed by atoms with van der Waals surface area (Å²) in [6.45, 7) is 4.90. The van der Waals surface area contributed by atoms with E-state index < -0.39 is 11.6 Å². The summed E-state index contributed by atoms with van der Waals surface area (Å²) in [7, 11) is 0. The minimum atomic E-state index is -1.13. The Kier molecular flexibility index (Phi) is 4.42. The van der Waals surface area contributed by atoms with Crippen LogP contribution in [0.4, 0.5) is 17.1 Å². The summed E-state index contributed by atoms with van der Waals surface area (Å²) in [5.41, 5.74) is 11.7. The largest absolute Gasteiger partial charge is 0.456 e. The summed E-state index contributed by atoms with van der Waals surface area (Å²) < 4.78 is 12.5. The number of ether oxygens (including phenoxy) is 2. The van der Waals surface area contributed by atoms with Crippen molar-refractivity contribution in [2.45, 2.75) is 19.4 Å². The molecule has 4 aromatic carbocycles. The van der Waals surface area contributed by atoms with Crippen molar-refractivity contribution >= 4 is 23.0 Å². The summed E-state index contributed by atoms with van der Waals surface area (Å²) >= 11 is 0. The van der Waals surface area contributed by atoms with Crippen LogP contribution in [0.1, 0.15) is 39.5 Å². The van der Waals surface area contributed by atoms with Gasteiger partial charge in [0.1, 0.15) is 11.5 Å².